The first-order valence-electron chi connectivity index (χ1n) is 12.7. The average Bonchev–Trinajstić information content (AvgIpc) is 3.33. The maximum Gasteiger partial charge on any atom is 0.573 e. The first-order valence-corrected chi connectivity index (χ1v) is 12.7. The van der Waals surface area contributed by atoms with Crippen molar-refractivity contribution < 1.29 is 32.5 Å². The van der Waals surface area contributed by atoms with Crippen LogP contribution in [0.4, 0.5) is 24.7 Å². The van der Waals surface area contributed by atoms with Gasteiger partial charge in [-0.1, -0.05) is 19.1 Å². The molecular formula is C25H32F3N7O4. The van der Waals surface area contributed by atoms with Gasteiger partial charge in [-0.3, -0.25) is 4.79 Å². The number of benzene rings is 1. The highest BCUT2D eigenvalue weighted by Gasteiger charge is 2.33. The Morgan fingerprint density at radius 3 is 2.62 bits per heavy atom. The lowest BCUT2D eigenvalue weighted by molar-refractivity contribution is -0.274. The van der Waals surface area contributed by atoms with Gasteiger partial charge in [0.15, 0.2) is 17.4 Å². The van der Waals surface area contributed by atoms with E-state index in [9.17, 15) is 13.2 Å². The summed E-state index contributed by atoms with van der Waals surface area (Å²) >= 11 is 0. The maximum atomic E-state index is 12.8. The van der Waals surface area contributed by atoms with Crippen molar-refractivity contribution in [3.05, 3.63) is 24.3 Å². The van der Waals surface area contributed by atoms with Crippen molar-refractivity contribution in [2.24, 2.45) is 5.92 Å². The Hall–Kier alpha value is -3.81. The van der Waals surface area contributed by atoms with Gasteiger partial charge in [-0.2, -0.15) is 4.52 Å². The molecule has 14 heteroatoms. The molecule has 0 unspecified atom stereocenters. The topological polar surface area (TPSA) is 109 Å². The lowest BCUT2D eigenvalue weighted by Crippen LogP contribution is -2.40. The number of carboxylic acid groups (broad SMARTS) is 1. The van der Waals surface area contributed by atoms with Crippen molar-refractivity contribution in [2.45, 2.75) is 26.1 Å². The van der Waals surface area contributed by atoms with Gasteiger partial charge in [-0.25, -0.2) is 0 Å². The van der Waals surface area contributed by atoms with Crippen molar-refractivity contribution in [1.82, 2.24) is 24.7 Å². The van der Waals surface area contributed by atoms with Crippen molar-refractivity contribution >= 4 is 23.6 Å². The van der Waals surface area contributed by atoms with Crippen LogP contribution in [-0.4, -0.2) is 96.1 Å². The van der Waals surface area contributed by atoms with E-state index in [0.29, 0.717) is 41.9 Å². The zero-order chi connectivity index (χ0) is 28.2. The van der Waals surface area contributed by atoms with Gasteiger partial charge in [-0.05, 0) is 44.5 Å². The number of hydrogen-bond acceptors (Lipinski definition) is 9. The van der Waals surface area contributed by atoms with Crippen LogP contribution in [0.5, 0.6) is 11.5 Å². The smallest absolute Gasteiger partial charge is 0.486 e. The minimum Gasteiger partial charge on any atom is -0.486 e. The Balaban J connectivity index is 0.00000112. The quantitative estimate of drug-likeness (QED) is 0.458. The molecule has 0 amide bonds. The fourth-order valence-corrected chi connectivity index (χ4v) is 4.86. The number of halogens is 3. The molecule has 0 bridgehead atoms. The molecule has 1 saturated heterocycles. The minimum atomic E-state index is -4.79. The molecule has 39 heavy (non-hydrogen) atoms. The molecule has 0 radical (unpaired) electrons. The normalized spacial score (nSPS) is 16.0. The molecule has 212 valence electrons. The molecule has 5 rings (SSSR count). The number of alkyl halides is 3. The Morgan fingerprint density at radius 1 is 1.23 bits per heavy atom. The summed E-state index contributed by atoms with van der Waals surface area (Å²) in [6.45, 7) is 6.93. The van der Waals surface area contributed by atoms with E-state index in [0.717, 1.165) is 50.5 Å². The van der Waals surface area contributed by atoms with E-state index >= 15 is 0 Å². The van der Waals surface area contributed by atoms with Crippen LogP contribution in [0, 0.1) is 5.92 Å². The first-order chi connectivity index (χ1) is 18.6. The number of rotatable bonds is 6. The van der Waals surface area contributed by atoms with Crippen LogP contribution < -0.4 is 19.3 Å². The summed E-state index contributed by atoms with van der Waals surface area (Å²) in [5.41, 5.74) is 1.70. The van der Waals surface area contributed by atoms with Crippen molar-refractivity contribution in [3.8, 4) is 22.9 Å². The second kappa shape index (κ2) is 11.9. The fourth-order valence-electron chi connectivity index (χ4n) is 4.86. The van der Waals surface area contributed by atoms with Crippen LogP contribution in [-0.2, 0) is 4.79 Å². The Kier molecular flexibility index (Phi) is 8.63. The van der Waals surface area contributed by atoms with Gasteiger partial charge in [0.05, 0.1) is 6.54 Å². The van der Waals surface area contributed by atoms with Gasteiger partial charge in [0.1, 0.15) is 18.0 Å². The van der Waals surface area contributed by atoms with Gasteiger partial charge >= 0.3 is 6.36 Å². The maximum absolute atomic E-state index is 12.8. The third-order valence-corrected chi connectivity index (χ3v) is 6.87. The van der Waals surface area contributed by atoms with Crippen LogP contribution in [0.3, 0.4) is 0 Å². The van der Waals surface area contributed by atoms with Crippen LogP contribution in [0.1, 0.15) is 19.8 Å². The van der Waals surface area contributed by atoms with Gasteiger partial charge < -0.3 is 29.3 Å². The Morgan fingerprint density at radius 2 is 1.95 bits per heavy atom. The summed E-state index contributed by atoms with van der Waals surface area (Å²) in [6.07, 6.45) is -2.68. The van der Waals surface area contributed by atoms with Crippen LogP contribution in [0.2, 0.25) is 0 Å². The second-order valence-electron chi connectivity index (χ2n) is 9.50. The molecular weight excluding hydrogens is 519 g/mol. The number of hydrogen-bond donors (Lipinski definition) is 1. The summed E-state index contributed by atoms with van der Waals surface area (Å²) in [4.78, 5) is 15.1. The second-order valence-corrected chi connectivity index (χ2v) is 9.50. The lowest BCUT2D eigenvalue weighted by Gasteiger charge is -2.37. The number of carbonyl (C=O) groups is 1. The third kappa shape index (κ3) is 6.44. The standard InChI is InChI=1S/C24H30F3N7O2.CH2O2/c1-4-31(2)15-16-8-10-33(11-9-16)22-19-20(35-13-12-32(19)3)23-29-28-21(34(23)30-22)17-6-5-7-18(14-17)36-24(25,26)27;2-1-3/h5-7,14,16H,4,8-13,15H2,1-3H3;1H,(H,2,3). The number of nitrogens with zero attached hydrogens (tertiary/aromatic N) is 7. The highest BCUT2D eigenvalue weighted by Crippen LogP contribution is 2.42. The van der Waals surface area contributed by atoms with Crippen molar-refractivity contribution in [1.29, 1.82) is 0 Å². The highest BCUT2D eigenvalue weighted by atomic mass is 19.4. The van der Waals surface area contributed by atoms with E-state index in [1.807, 2.05) is 7.05 Å². The van der Waals surface area contributed by atoms with Gasteiger partial charge in [0.25, 0.3) is 6.47 Å². The average molecular weight is 552 g/mol. The summed E-state index contributed by atoms with van der Waals surface area (Å²) in [5.74, 6) is 1.97. The lowest BCUT2D eigenvalue weighted by atomic mass is 9.96. The number of likely N-dealkylation sites (N-methyl/N-ethyl adjacent to an activating group) is 1. The number of fused-ring (bicyclic) bond motifs is 3. The first kappa shape index (κ1) is 28.2. The molecule has 1 N–H and O–H groups in total. The Labute approximate surface area is 223 Å². The number of piperidine rings is 1. The molecule has 1 aromatic carbocycles. The van der Waals surface area contributed by atoms with E-state index in [1.165, 1.54) is 18.2 Å². The zero-order valence-corrected chi connectivity index (χ0v) is 22.1. The third-order valence-electron chi connectivity index (χ3n) is 6.87. The van der Waals surface area contributed by atoms with Gasteiger partial charge in [0.2, 0.25) is 5.65 Å². The molecule has 2 aliphatic heterocycles. The van der Waals surface area contributed by atoms with Crippen LogP contribution in [0.15, 0.2) is 24.3 Å². The summed E-state index contributed by atoms with van der Waals surface area (Å²) in [5, 5.41) is 20.4. The molecule has 2 aliphatic rings. The fraction of sp³-hybridized carbons (Fsp3) is 0.520. The molecule has 4 heterocycles. The SMILES string of the molecule is CCN(C)CC1CCN(c2nn3c(-c4cccc(OC(F)(F)F)c4)nnc3c3c2N(C)CCO3)CC1.O=CO. The largest absolute Gasteiger partial charge is 0.573 e. The monoisotopic (exact) mass is 551 g/mol. The Bertz CT molecular complexity index is 1280. The van der Waals surface area contributed by atoms with E-state index < -0.39 is 6.36 Å². The van der Waals surface area contributed by atoms with Crippen molar-refractivity contribution in [3.63, 3.8) is 0 Å². The molecule has 0 aliphatic carbocycles. The van der Waals surface area contributed by atoms with E-state index in [4.69, 9.17) is 19.7 Å². The van der Waals surface area contributed by atoms with E-state index in [1.54, 1.807) is 10.6 Å². The van der Waals surface area contributed by atoms with Gasteiger partial charge in [-0.15, -0.1) is 28.5 Å². The van der Waals surface area contributed by atoms with E-state index in [2.05, 4.69) is 43.6 Å². The van der Waals surface area contributed by atoms with Crippen LogP contribution in [0.25, 0.3) is 17.0 Å². The summed E-state index contributed by atoms with van der Waals surface area (Å²) < 4.78 is 50.0. The molecule has 1 fully saturated rings. The van der Waals surface area contributed by atoms with E-state index in [-0.39, 0.29) is 12.2 Å². The summed E-state index contributed by atoms with van der Waals surface area (Å²) in [6, 6.07) is 5.68. The molecule has 11 nitrogen and oxygen atoms in total. The highest BCUT2D eigenvalue weighted by molar-refractivity contribution is 5.82. The van der Waals surface area contributed by atoms with Crippen molar-refractivity contribution in [2.75, 3.05) is 63.2 Å². The van der Waals surface area contributed by atoms with Crippen LogP contribution >= 0.6 is 0 Å². The molecule has 3 aromatic rings. The number of ether oxygens (including phenoxy) is 2. The predicted molar refractivity (Wildman–Crippen MR) is 138 cm³/mol. The number of aromatic nitrogens is 4. The van der Waals surface area contributed by atoms with Gasteiger partial charge in [0, 0.05) is 32.2 Å². The summed E-state index contributed by atoms with van der Waals surface area (Å²) in [7, 11) is 4.15. The molecule has 0 atom stereocenters. The predicted octanol–water partition coefficient (Wildman–Crippen LogP) is 3.39. The number of anilines is 2. The molecule has 2 aromatic heterocycles. The minimum absolute atomic E-state index is 0.250. The molecule has 0 spiro atoms. The zero-order valence-electron chi connectivity index (χ0n) is 22.1. The molecule has 0 saturated carbocycles.